The van der Waals surface area contributed by atoms with Crippen molar-refractivity contribution in [3.63, 3.8) is 0 Å². The molecule has 30 heavy (non-hydrogen) atoms. The Bertz CT molecular complexity index is 1160. The summed E-state index contributed by atoms with van der Waals surface area (Å²) < 4.78 is 57.9. The summed E-state index contributed by atoms with van der Waals surface area (Å²) in [5.41, 5.74) is 0.181. The monoisotopic (exact) mass is 471 g/mol. The normalized spacial score (nSPS) is 19.2. The number of hydrogen-bond acceptors (Lipinski definition) is 7. The molecule has 0 heterocycles. The van der Waals surface area contributed by atoms with E-state index in [9.17, 15) is 17.8 Å². The number of benzene rings is 2. The van der Waals surface area contributed by atoms with Gasteiger partial charge in [0.1, 0.15) is 5.75 Å². The average Bonchev–Trinajstić information content (AvgIpc) is 2.76. The van der Waals surface area contributed by atoms with Gasteiger partial charge in [-0.05, 0) is 30.3 Å². The van der Waals surface area contributed by atoms with Gasteiger partial charge >= 0.3 is 7.60 Å². The third kappa shape index (κ3) is 3.62. The Morgan fingerprint density at radius 2 is 1.60 bits per heavy atom. The number of rotatable bonds is 7. The summed E-state index contributed by atoms with van der Waals surface area (Å²) in [6, 6.07) is 11.7. The maximum absolute atomic E-state index is 13.6. The summed E-state index contributed by atoms with van der Waals surface area (Å²) >= 11 is 6.14. The fraction of sp³-hybridized carbons (Fsp3) is 0.211. The summed E-state index contributed by atoms with van der Waals surface area (Å²) in [5.74, 6) is -0.0787. The van der Waals surface area contributed by atoms with Crippen molar-refractivity contribution >= 4 is 35.0 Å². The van der Waals surface area contributed by atoms with Crippen LogP contribution in [0.1, 0.15) is 15.9 Å². The molecule has 8 nitrogen and oxygen atoms in total. The highest BCUT2D eigenvalue weighted by molar-refractivity contribution is 7.90. The lowest BCUT2D eigenvalue weighted by molar-refractivity contribution is 0.103. The molecule has 0 bridgehead atoms. The van der Waals surface area contributed by atoms with Gasteiger partial charge in [0.2, 0.25) is 15.8 Å². The molecule has 11 heteroatoms. The van der Waals surface area contributed by atoms with E-state index in [1.54, 1.807) is 12.1 Å². The lowest BCUT2D eigenvalue weighted by Crippen LogP contribution is -2.47. The van der Waals surface area contributed by atoms with Crippen molar-refractivity contribution in [2.45, 2.75) is 10.2 Å². The quantitative estimate of drug-likeness (QED) is 0.614. The first-order valence-electron chi connectivity index (χ1n) is 8.56. The van der Waals surface area contributed by atoms with E-state index in [0.29, 0.717) is 5.75 Å². The maximum atomic E-state index is 13.6. The van der Waals surface area contributed by atoms with Crippen LogP contribution in [0.2, 0.25) is 0 Å². The van der Waals surface area contributed by atoms with Gasteiger partial charge in [-0.15, -0.1) is 0 Å². The summed E-state index contributed by atoms with van der Waals surface area (Å²) in [6.45, 7) is 0. The third-order valence-corrected chi connectivity index (χ3v) is 8.93. The van der Waals surface area contributed by atoms with Gasteiger partial charge in [0.05, 0.1) is 17.0 Å². The van der Waals surface area contributed by atoms with E-state index in [0.717, 1.165) is 20.3 Å². The second kappa shape index (κ2) is 8.26. The van der Waals surface area contributed by atoms with E-state index in [4.69, 9.17) is 25.4 Å². The van der Waals surface area contributed by atoms with Crippen LogP contribution in [-0.2, 0) is 28.9 Å². The Hall–Kier alpha value is -2.00. The van der Waals surface area contributed by atoms with Crippen LogP contribution in [0.5, 0.6) is 5.75 Å². The average molecular weight is 472 g/mol. The number of ether oxygens (including phenoxy) is 1. The number of hydrogen-bond donors (Lipinski definition) is 1. The highest BCUT2D eigenvalue weighted by Gasteiger charge is 2.56. The smallest absolute Gasteiger partial charge is 0.359 e. The second-order valence-electron chi connectivity index (χ2n) is 6.28. The van der Waals surface area contributed by atoms with Gasteiger partial charge in [0.15, 0.2) is 5.28 Å². The number of carbonyl (C=O) groups excluding carboxylic acids is 1. The molecule has 1 unspecified atom stereocenters. The van der Waals surface area contributed by atoms with Crippen LogP contribution < -0.4 is 9.46 Å². The number of carbonyl (C=O) groups is 1. The van der Waals surface area contributed by atoms with E-state index in [-0.39, 0.29) is 21.1 Å². The Morgan fingerprint density at radius 1 is 1.00 bits per heavy atom. The van der Waals surface area contributed by atoms with Gasteiger partial charge in [0, 0.05) is 25.3 Å². The summed E-state index contributed by atoms with van der Waals surface area (Å²) in [6.07, 6.45) is 1.06. The van der Waals surface area contributed by atoms with Crippen molar-refractivity contribution in [1.82, 2.24) is 4.72 Å². The van der Waals surface area contributed by atoms with Gasteiger partial charge in [-0.2, -0.15) is 4.72 Å². The molecular weight excluding hydrogens is 453 g/mol. The molecule has 0 fully saturated rings. The van der Waals surface area contributed by atoms with Gasteiger partial charge < -0.3 is 13.8 Å². The molecule has 160 valence electrons. The number of methoxy groups -OCH3 is 1. The molecule has 1 aliphatic carbocycles. The van der Waals surface area contributed by atoms with Crippen LogP contribution in [0.3, 0.4) is 0 Å². The first kappa shape index (κ1) is 22.7. The second-order valence-corrected chi connectivity index (χ2v) is 10.8. The van der Waals surface area contributed by atoms with Crippen LogP contribution in [0.15, 0.2) is 64.5 Å². The standard InChI is InChI=1S/C19H19ClNO7PS/c1-26-13-8-10-14(11-9-13)30(24,25)21-19(29(23,27-2)28-3)12-17(20)18(22)15-6-4-5-7-16(15)19/h4-12,21H,1-3H3. The van der Waals surface area contributed by atoms with Gasteiger partial charge in [-0.25, -0.2) is 8.42 Å². The van der Waals surface area contributed by atoms with Gasteiger partial charge in [-0.3, -0.25) is 9.36 Å². The zero-order valence-corrected chi connectivity index (χ0v) is 18.8. The molecule has 0 spiro atoms. The minimum Gasteiger partial charge on any atom is -0.497 e. The molecule has 0 saturated carbocycles. The van der Waals surface area contributed by atoms with Gasteiger partial charge in [-0.1, -0.05) is 35.9 Å². The first-order valence-corrected chi connectivity index (χ1v) is 12.0. The topological polar surface area (TPSA) is 108 Å². The minimum atomic E-state index is -4.28. The number of allylic oxidation sites excluding steroid dienone is 1. The molecule has 2 aromatic rings. The molecule has 3 rings (SSSR count). The number of fused-ring (bicyclic) bond motifs is 1. The highest BCUT2D eigenvalue weighted by Crippen LogP contribution is 2.65. The predicted octanol–water partition coefficient (Wildman–Crippen LogP) is 3.63. The van der Waals surface area contributed by atoms with Gasteiger partial charge in [0.25, 0.3) is 0 Å². The van der Waals surface area contributed by atoms with E-state index in [1.165, 1.54) is 43.5 Å². The largest absolute Gasteiger partial charge is 0.497 e. The van der Waals surface area contributed by atoms with Crippen molar-refractivity contribution in [2.75, 3.05) is 21.3 Å². The van der Waals surface area contributed by atoms with Crippen LogP contribution >= 0.6 is 19.2 Å². The molecule has 0 aliphatic heterocycles. The number of Topliss-reactive ketones (excluding diaryl/α,β-unsaturated/α-hetero) is 1. The maximum Gasteiger partial charge on any atom is 0.359 e. The van der Waals surface area contributed by atoms with E-state index in [1.807, 2.05) is 0 Å². The fourth-order valence-electron chi connectivity index (χ4n) is 3.22. The molecule has 2 aromatic carbocycles. The molecule has 1 atom stereocenters. The minimum absolute atomic E-state index is 0.0803. The predicted molar refractivity (Wildman–Crippen MR) is 111 cm³/mol. The number of ketones is 1. The number of sulfonamides is 1. The van der Waals surface area contributed by atoms with Crippen molar-refractivity contribution in [3.05, 3.63) is 70.8 Å². The third-order valence-electron chi connectivity index (χ3n) is 4.71. The Balaban J connectivity index is 2.27. The van der Waals surface area contributed by atoms with Crippen molar-refractivity contribution in [2.24, 2.45) is 0 Å². The molecule has 0 saturated heterocycles. The SMILES string of the molecule is COc1ccc(S(=O)(=O)NC2(P(=O)(OC)OC)C=C(Cl)C(=O)c3ccccc32)cc1. The molecule has 1 N–H and O–H groups in total. The molecule has 1 aliphatic rings. The molecule has 0 amide bonds. The number of nitrogens with one attached hydrogen (secondary N) is 1. The van der Waals surface area contributed by atoms with Crippen LogP contribution in [-0.4, -0.2) is 35.5 Å². The lowest BCUT2D eigenvalue weighted by Gasteiger charge is -2.39. The summed E-state index contributed by atoms with van der Waals surface area (Å²) in [4.78, 5) is 12.4. The first-order chi connectivity index (χ1) is 14.1. The molecular formula is C19H19ClNO7PS. The van der Waals surface area contributed by atoms with Crippen molar-refractivity contribution < 1.29 is 31.6 Å². The van der Waals surface area contributed by atoms with Crippen LogP contribution in [0, 0.1) is 0 Å². The Kier molecular flexibility index (Phi) is 6.25. The van der Waals surface area contributed by atoms with Crippen LogP contribution in [0.4, 0.5) is 0 Å². The number of halogens is 1. The zero-order chi connectivity index (χ0) is 22.2. The van der Waals surface area contributed by atoms with Crippen molar-refractivity contribution in [3.8, 4) is 5.75 Å². The zero-order valence-electron chi connectivity index (χ0n) is 16.3. The van der Waals surface area contributed by atoms with Crippen LogP contribution in [0.25, 0.3) is 0 Å². The molecule has 0 aromatic heterocycles. The Morgan fingerprint density at radius 3 is 2.17 bits per heavy atom. The Labute approximate surface area is 179 Å². The fourth-order valence-corrected chi connectivity index (χ4v) is 7.06. The highest BCUT2D eigenvalue weighted by atomic mass is 35.5. The summed E-state index contributed by atoms with van der Waals surface area (Å²) in [5, 5.41) is -2.39. The summed E-state index contributed by atoms with van der Waals surface area (Å²) in [7, 11) is -4.84. The molecule has 0 radical (unpaired) electrons. The van der Waals surface area contributed by atoms with Crippen molar-refractivity contribution in [1.29, 1.82) is 0 Å². The van der Waals surface area contributed by atoms with E-state index < -0.39 is 28.7 Å². The lowest BCUT2D eigenvalue weighted by atomic mass is 9.92. The van der Waals surface area contributed by atoms with E-state index in [2.05, 4.69) is 4.72 Å². The van der Waals surface area contributed by atoms with E-state index >= 15 is 0 Å².